The van der Waals surface area contributed by atoms with E-state index in [2.05, 4.69) is 17.4 Å². The van der Waals surface area contributed by atoms with Crippen molar-refractivity contribution in [1.82, 2.24) is 10.2 Å². The molecule has 2 aliphatic rings. The second-order valence-electron chi connectivity index (χ2n) is 6.62. The van der Waals surface area contributed by atoms with E-state index in [0.29, 0.717) is 11.7 Å². The van der Waals surface area contributed by atoms with Crippen LogP contribution in [-0.4, -0.2) is 36.0 Å². The SMILES string of the molecule is C[C@H]1NC(=O)[C@H]1N(C)C(=O)Oc1ccc(C2CCCCC2)cc1. The van der Waals surface area contributed by atoms with E-state index >= 15 is 0 Å². The topological polar surface area (TPSA) is 58.6 Å². The fourth-order valence-electron chi connectivity index (χ4n) is 3.56. The van der Waals surface area contributed by atoms with Gasteiger partial charge in [-0.15, -0.1) is 0 Å². The molecule has 0 radical (unpaired) electrons. The summed E-state index contributed by atoms with van der Waals surface area (Å²) in [6, 6.07) is 7.33. The minimum absolute atomic E-state index is 0.0336. The van der Waals surface area contributed by atoms with Crippen LogP contribution in [0.2, 0.25) is 0 Å². The predicted octanol–water partition coefficient (Wildman–Crippen LogP) is 3.05. The molecule has 0 unspecified atom stereocenters. The predicted molar refractivity (Wildman–Crippen MR) is 87.4 cm³/mol. The summed E-state index contributed by atoms with van der Waals surface area (Å²) >= 11 is 0. The molecule has 0 bridgehead atoms. The second-order valence-corrected chi connectivity index (χ2v) is 6.62. The van der Waals surface area contributed by atoms with Crippen LogP contribution in [0, 0.1) is 0 Å². The molecule has 124 valence electrons. The Morgan fingerprint density at radius 3 is 2.39 bits per heavy atom. The number of benzene rings is 1. The third kappa shape index (κ3) is 3.33. The molecular formula is C18H24N2O3. The minimum Gasteiger partial charge on any atom is -0.410 e. The molecule has 5 heteroatoms. The van der Waals surface area contributed by atoms with Gasteiger partial charge in [0, 0.05) is 7.05 Å². The van der Waals surface area contributed by atoms with Gasteiger partial charge < -0.3 is 10.1 Å². The monoisotopic (exact) mass is 316 g/mol. The molecule has 1 saturated heterocycles. The highest BCUT2D eigenvalue weighted by Crippen LogP contribution is 2.33. The largest absolute Gasteiger partial charge is 0.415 e. The minimum atomic E-state index is -0.498. The Labute approximate surface area is 137 Å². The summed E-state index contributed by atoms with van der Waals surface area (Å²) < 4.78 is 5.38. The van der Waals surface area contributed by atoms with Crippen LogP contribution in [-0.2, 0) is 4.79 Å². The van der Waals surface area contributed by atoms with E-state index in [9.17, 15) is 9.59 Å². The molecule has 2 amide bonds. The number of hydrogen-bond acceptors (Lipinski definition) is 3. The average molecular weight is 316 g/mol. The van der Waals surface area contributed by atoms with Crippen LogP contribution in [0.3, 0.4) is 0 Å². The Morgan fingerprint density at radius 1 is 1.17 bits per heavy atom. The lowest BCUT2D eigenvalue weighted by Gasteiger charge is -2.39. The van der Waals surface area contributed by atoms with Crippen LogP contribution >= 0.6 is 0 Å². The molecule has 1 aromatic rings. The van der Waals surface area contributed by atoms with E-state index in [1.807, 2.05) is 19.1 Å². The molecule has 1 aliphatic carbocycles. The van der Waals surface area contributed by atoms with Crippen molar-refractivity contribution >= 4 is 12.0 Å². The number of rotatable bonds is 3. The van der Waals surface area contributed by atoms with Crippen LogP contribution in [0.25, 0.3) is 0 Å². The fraction of sp³-hybridized carbons (Fsp3) is 0.556. The maximum absolute atomic E-state index is 12.1. The van der Waals surface area contributed by atoms with Gasteiger partial charge in [0.2, 0.25) is 5.91 Å². The van der Waals surface area contributed by atoms with Gasteiger partial charge in [0.1, 0.15) is 11.8 Å². The third-order valence-electron chi connectivity index (χ3n) is 4.98. The van der Waals surface area contributed by atoms with Gasteiger partial charge in [-0.2, -0.15) is 0 Å². The van der Waals surface area contributed by atoms with Crippen LogP contribution in [0.5, 0.6) is 5.75 Å². The molecule has 1 N–H and O–H groups in total. The first kappa shape index (κ1) is 15.8. The van der Waals surface area contributed by atoms with Gasteiger partial charge in [-0.25, -0.2) is 4.79 Å². The summed E-state index contributed by atoms with van der Waals surface area (Å²) in [6.45, 7) is 1.87. The van der Waals surface area contributed by atoms with Crippen molar-refractivity contribution in [3.05, 3.63) is 29.8 Å². The number of hydrogen-bond donors (Lipinski definition) is 1. The lowest BCUT2D eigenvalue weighted by Crippen LogP contribution is -2.68. The molecule has 5 nitrogen and oxygen atoms in total. The van der Waals surface area contributed by atoms with E-state index < -0.39 is 12.1 Å². The van der Waals surface area contributed by atoms with Gasteiger partial charge in [-0.05, 0) is 43.4 Å². The number of β-lactam (4-membered cyclic amide) rings is 1. The molecule has 1 aliphatic heterocycles. The number of amides is 2. The van der Waals surface area contributed by atoms with Crippen molar-refractivity contribution in [2.45, 2.75) is 57.0 Å². The lowest BCUT2D eigenvalue weighted by atomic mass is 9.84. The Hall–Kier alpha value is -2.04. The molecule has 1 heterocycles. The highest BCUT2D eigenvalue weighted by molar-refractivity contribution is 5.92. The molecule has 3 rings (SSSR count). The molecule has 1 aromatic carbocycles. The fourth-order valence-corrected chi connectivity index (χ4v) is 3.56. The number of carbonyl (C=O) groups excluding carboxylic acids is 2. The first-order chi connectivity index (χ1) is 11.1. The normalized spacial score (nSPS) is 24.5. The van der Waals surface area contributed by atoms with E-state index in [0.717, 1.165) is 0 Å². The molecule has 23 heavy (non-hydrogen) atoms. The lowest BCUT2D eigenvalue weighted by molar-refractivity contribution is -0.134. The van der Waals surface area contributed by atoms with E-state index in [-0.39, 0.29) is 11.9 Å². The zero-order valence-electron chi connectivity index (χ0n) is 13.7. The summed E-state index contributed by atoms with van der Waals surface area (Å²) in [5.74, 6) is 1.02. The molecule has 1 saturated carbocycles. The smallest absolute Gasteiger partial charge is 0.410 e. The number of nitrogens with zero attached hydrogens (tertiary/aromatic N) is 1. The maximum Gasteiger partial charge on any atom is 0.415 e. The van der Waals surface area contributed by atoms with Gasteiger partial charge in [-0.1, -0.05) is 31.4 Å². The molecule has 2 atom stereocenters. The molecule has 0 spiro atoms. The van der Waals surface area contributed by atoms with Crippen molar-refractivity contribution in [3.63, 3.8) is 0 Å². The van der Waals surface area contributed by atoms with E-state index in [4.69, 9.17) is 4.74 Å². The molecule has 0 aromatic heterocycles. The third-order valence-corrected chi connectivity index (χ3v) is 4.98. The zero-order chi connectivity index (χ0) is 16.4. The first-order valence-corrected chi connectivity index (χ1v) is 8.41. The summed E-state index contributed by atoms with van der Waals surface area (Å²) in [5, 5.41) is 2.71. The quantitative estimate of drug-likeness (QED) is 0.872. The number of likely N-dealkylation sites (N-methyl/N-ethyl adjacent to an activating group) is 1. The zero-order valence-corrected chi connectivity index (χ0v) is 13.7. The van der Waals surface area contributed by atoms with Crippen LogP contribution in [0.1, 0.15) is 50.5 Å². The average Bonchev–Trinajstić information content (AvgIpc) is 2.56. The Kier molecular flexibility index (Phi) is 4.55. The van der Waals surface area contributed by atoms with Crippen molar-refractivity contribution in [1.29, 1.82) is 0 Å². The summed E-state index contributed by atoms with van der Waals surface area (Å²) in [6.07, 6.45) is 5.93. The van der Waals surface area contributed by atoms with Gasteiger partial charge in [-0.3, -0.25) is 9.69 Å². The van der Waals surface area contributed by atoms with Crippen molar-refractivity contribution in [2.75, 3.05) is 7.05 Å². The van der Waals surface area contributed by atoms with Crippen molar-refractivity contribution < 1.29 is 14.3 Å². The summed E-state index contributed by atoms with van der Waals surface area (Å²) in [5.41, 5.74) is 1.32. The standard InChI is InChI=1S/C18H24N2O3/c1-12-16(17(21)19-12)20(2)18(22)23-15-10-8-14(9-11-15)13-6-4-3-5-7-13/h8-13,16H,3-7H2,1-2H3,(H,19,21)/t12-,16+/m1/s1. The number of nitrogens with one attached hydrogen (secondary N) is 1. The number of carbonyl (C=O) groups is 2. The second kappa shape index (κ2) is 6.60. The molecular weight excluding hydrogens is 292 g/mol. The highest BCUT2D eigenvalue weighted by atomic mass is 16.6. The number of ether oxygens (including phenoxy) is 1. The molecule has 2 fully saturated rings. The van der Waals surface area contributed by atoms with Crippen LogP contribution < -0.4 is 10.1 Å². The van der Waals surface area contributed by atoms with Crippen LogP contribution in [0.4, 0.5) is 4.79 Å². The highest BCUT2D eigenvalue weighted by Gasteiger charge is 2.41. The first-order valence-electron chi connectivity index (χ1n) is 8.41. The Bertz CT molecular complexity index is 578. The maximum atomic E-state index is 12.1. The van der Waals surface area contributed by atoms with Gasteiger partial charge in [0.05, 0.1) is 6.04 Å². The van der Waals surface area contributed by atoms with Gasteiger partial charge >= 0.3 is 6.09 Å². The Morgan fingerprint density at radius 2 is 1.83 bits per heavy atom. The summed E-state index contributed by atoms with van der Waals surface area (Å²) in [4.78, 5) is 25.0. The van der Waals surface area contributed by atoms with E-state index in [1.165, 1.54) is 42.6 Å². The van der Waals surface area contributed by atoms with Crippen LogP contribution in [0.15, 0.2) is 24.3 Å². The Balaban J connectivity index is 1.59. The van der Waals surface area contributed by atoms with Crippen molar-refractivity contribution in [3.8, 4) is 5.75 Å². The summed E-state index contributed by atoms with van der Waals surface area (Å²) in [7, 11) is 1.60. The van der Waals surface area contributed by atoms with E-state index in [1.54, 1.807) is 7.05 Å². The van der Waals surface area contributed by atoms with Gasteiger partial charge in [0.25, 0.3) is 0 Å². The van der Waals surface area contributed by atoms with Gasteiger partial charge in [0.15, 0.2) is 0 Å². The van der Waals surface area contributed by atoms with Crippen molar-refractivity contribution in [2.24, 2.45) is 0 Å².